The second-order valence-electron chi connectivity index (χ2n) is 3.89. The maximum atomic E-state index is 5.53. The lowest BCUT2D eigenvalue weighted by Gasteiger charge is -1.96. The van der Waals surface area contributed by atoms with Crippen molar-refractivity contribution in [2.45, 2.75) is 0 Å². The van der Waals surface area contributed by atoms with Crippen molar-refractivity contribution in [1.82, 2.24) is 0 Å². The van der Waals surface area contributed by atoms with Crippen molar-refractivity contribution in [3.05, 3.63) is 73.2 Å². The van der Waals surface area contributed by atoms with E-state index in [0.29, 0.717) is 0 Å². The largest absolute Gasteiger partial charge is 0.360 e. The Balaban J connectivity index is 2.18. The molecule has 18 heavy (non-hydrogen) atoms. The zero-order valence-corrected chi connectivity index (χ0v) is 9.74. The molecule has 86 valence electrons. The van der Waals surface area contributed by atoms with Crippen LogP contribution < -0.4 is 0 Å². The Morgan fingerprint density at radius 3 is 1.33 bits per heavy atom. The first-order chi connectivity index (χ1) is 8.95. The van der Waals surface area contributed by atoms with Gasteiger partial charge < -0.3 is 0 Å². The highest BCUT2D eigenvalue weighted by atomic mass is 16.3. The number of rotatable bonds is 2. The summed E-state index contributed by atoms with van der Waals surface area (Å²) in [4.78, 5) is 0. The second kappa shape index (κ2) is 4.80. The van der Waals surface area contributed by atoms with Crippen molar-refractivity contribution in [2.75, 3.05) is 0 Å². The van der Waals surface area contributed by atoms with E-state index in [9.17, 15) is 0 Å². The first-order valence-electron chi connectivity index (χ1n) is 5.78. The molecule has 0 aliphatic heterocycles. The van der Waals surface area contributed by atoms with E-state index in [0.717, 1.165) is 22.6 Å². The van der Waals surface area contributed by atoms with Crippen LogP contribution in [0.4, 0.5) is 0 Å². The zero-order valence-electron chi connectivity index (χ0n) is 9.74. The van der Waals surface area contributed by atoms with Gasteiger partial charge in [-0.2, -0.15) is 0 Å². The normalized spacial score (nSPS) is 10.2. The molecule has 0 atom stereocenters. The Morgan fingerprint density at radius 1 is 0.500 bits per heavy atom. The topological polar surface area (TPSA) is 22.6 Å². The average Bonchev–Trinajstić information content (AvgIpc) is 2.49. The minimum atomic E-state index is 0.826. The van der Waals surface area contributed by atoms with Gasteiger partial charge in [-0.15, -0.1) is 0 Å². The van der Waals surface area contributed by atoms with Gasteiger partial charge in [-0.1, -0.05) is 12.1 Å². The van der Waals surface area contributed by atoms with E-state index in [1.54, 1.807) is 12.5 Å². The summed E-state index contributed by atoms with van der Waals surface area (Å²) in [6.07, 6.45) is 3.35. The molecule has 2 nitrogen and oxygen atoms in total. The van der Waals surface area contributed by atoms with Crippen molar-refractivity contribution in [1.29, 1.82) is 0 Å². The fourth-order valence-corrected chi connectivity index (χ4v) is 1.90. The highest BCUT2D eigenvalue weighted by Crippen LogP contribution is 2.31. The van der Waals surface area contributed by atoms with Crippen molar-refractivity contribution in [3.63, 3.8) is 0 Å². The van der Waals surface area contributed by atoms with Crippen molar-refractivity contribution in [3.8, 4) is 22.6 Å². The van der Waals surface area contributed by atoms with E-state index in [4.69, 9.17) is 8.83 Å². The molecule has 2 heterocycles. The summed E-state index contributed by atoms with van der Waals surface area (Å²) in [7, 11) is 0. The van der Waals surface area contributed by atoms with Crippen LogP contribution in [0.2, 0.25) is 0 Å². The van der Waals surface area contributed by atoms with Crippen LogP contribution in [0.15, 0.2) is 82.0 Å². The Kier molecular flexibility index (Phi) is 2.84. The van der Waals surface area contributed by atoms with Crippen LogP contribution in [0.3, 0.4) is 0 Å². The Bertz CT molecular complexity index is 575. The Hall–Kier alpha value is -2.48. The summed E-state index contributed by atoms with van der Waals surface area (Å²) in [5, 5.41) is 0. The first kappa shape index (κ1) is 10.7. The lowest BCUT2D eigenvalue weighted by Crippen LogP contribution is -1.83. The molecule has 2 aromatic heterocycles. The number of hydrogen-bond donors (Lipinski definition) is 0. The lowest BCUT2D eigenvalue weighted by molar-refractivity contribution is 0.559. The van der Waals surface area contributed by atoms with E-state index in [1.165, 1.54) is 0 Å². The predicted molar refractivity (Wildman–Crippen MR) is 70.7 cm³/mol. The van der Waals surface area contributed by atoms with Gasteiger partial charge in [0.05, 0.1) is 11.1 Å². The van der Waals surface area contributed by atoms with Crippen LogP contribution >= 0.6 is 0 Å². The standard InChI is InChI=1S/C16H12O2/c1-2-8-14(16-10-4-6-12-18-16)13(7-1)15-9-3-5-11-17-15/h1-12H/q+2. The highest BCUT2D eigenvalue weighted by Gasteiger charge is 2.21. The van der Waals surface area contributed by atoms with Crippen LogP contribution in [-0.4, -0.2) is 0 Å². The van der Waals surface area contributed by atoms with Crippen molar-refractivity contribution >= 4 is 0 Å². The minimum absolute atomic E-state index is 0.826. The lowest BCUT2D eigenvalue weighted by atomic mass is 10.0. The Morgan fingerprint density at radius 2 is 0.944 bits per heavy atom. The zero-order chi connectivity index (χ0) is 12.2. The van der Waals surface area contributed by atoms with E-state index < -0.39 is 0 Å². The Labute approximate surface area is 105 Å². The maximum Gasteiger partial charge on any atom is 0.360 e. The number of benzene rings is 1. The molecule has 1 aromatic carbocycles. The highest BCUT2D eigenvalue weighted by molar-refractivity contribution is 5.78. The molecule has 0 N–H and O–H groups in total. The molecule has 0 aliphatic rings. The molecule has 0 saturated carbocycles. The number of hydrogen-bond acceptors (Lipinski definition) is 0. The quantitative estimate of drug-likeness (QED) is 0.598. The van der Waals surface area contributed by atoms with Gasteiger partial charge in [-0.3, -0.25) is 0 Å². The molecule has 3 rings (SSSR count). The smallest absolute Gasteiger partial charge is 0.216 e. The predicted octanol–water partition coefficient (Wildman–Crippen LogP) is 4.77. The molecule has 0 fully saturated rings. The summed E-state index contributed by atoms with van der Waals surface area (Å²) in [6, 6.07) is 19.6. The summed E-state index contributed by atoms with van der Waals surface area (Å²) in [5.74, 6) is 1.65. The molecular formula is C16H12O2+2. The summed E-state index contributed by atoms with van der Waals surface area (Å²) >= 11 is 0. The maximum absolute atomic E-state index is 5.53. The molecule has 2 heteroatoms. The molecule has 0 saturated heterocycles. The van der Waals surface area contributed by atoms with Crippen LogP contribution in [0.1, 0.15) is 0 Å². The molecule has 0 aliphatic carbocycles. The summed E-state index contributed by atoms with van der Waals surface area (Å²) < 4.78 is 11.1. The van der Waals surface area contributed by atoms with Gasteiger partial charge >= 0.3 is 24.0 Å². The minimum Gasteiger partial charge on any atom is -0.216 e. The van der Waals surface area contributed by atoms with Gasteiger partial charge in [-0.05, 0) is 24.3 Å². The first-order valence-corrected chi connectivity index (χ1v) is 5.78. The van der Waals surface area contributed by atoms with Crippen molar-refractivity contribution in [2.24, 2.45) is 0 Å². The van der Waals surface area contributed by atoms with E-state index in [-0.39, 0.29) is 0 Å². The summed E-state index contributed by atoms with van der Waals surface area (Å²) in [5.41, 5.74) is 2.04. The third kappa shape index (κ3) is 2.00. The molecule has 0 amide bonds. The molecular weight excluding hydrogens is 224 g/mol. The van der Waals surface area contributed by atoms with Gasteiger partial charge in [0.1, 0.15) is 0 Å². The SMILES string of the molecule is c1ccc(-c2ccccc2-c2cccc[o+]2)[o+]c1. The van der Waals surface area contributed by atoms with E-state index in [2.05, 4.69) is 0 Å². The van der Waals surface area contributed by atoms with Gasteiger partial charge in [0.25, 0.3) is 0 Å². The molecule has 0 bridgehead atoms. The fourth-order valence-electron chi connectivity index (χ4n) is 1.90. The van der Waals surface area contributed by atoms with Gasteiger partial charge in [-0.25, -0.2) is 8.83 Å². The molecule has 0 spiro atoms. The van der Waals surface area contributed by atoms with Crippen LogP contribution in [0.5, 0.6) is 0 Å². The third-order valence-corrected chi connectivity index (χ3v) is 2.72. The van der Waals surface area contributed by atoms with Crippen LogP contribution in [-0.2, 0) is 0 Å². The third-order valence-electron chi connectivity index (χ3n) is 2.72. The molecule has 0 unspecified atom stereocenters. The monoisotopic (exact) mass is 236 g/mol. The van der Waals surface area contributed by atoms with E-state index >= 15 is 0 Å². The van der Waals surface area contributed by atoms with Gasteiger partial charge in [0.15, 0.2) is 0 Å². The van der Waals surface area contributed by atoms with Gasteiger partial charge in [0, 0.05) is 24.3 Å². The molecule has 3 aromatic rings. The fraction of sp³-hybridized carbons (Fsp3) is 0. The van der Waals surface area contributed by atoms with E-state index in [1.807, 2.05) is 60.7 Å². The second-order valence-corrected chi connectivity index (χ2v) is 3.89. The van der Waals surface area contributed by atoms with Gasteiger partial charge in [0.2, 0.25) is 0 Å². The van der Waals surface area contributed by atoms with Crippen LogP contribution in [0.25, 0.3) is 22.6 Å². The summed E-state index contributed by atoms with van der Waals surface area (Å²) in [6.45, 7) is 0. The van der Waals surface area contributed by atoms with Crippen LogP contribution in [0, 0.1) is 0 Å². The average molecular weight is 236 g/mol. The van der Waals surface area contributed by atoms with Crippen molar-refractivity contribution < 1.29 is 8.83 Å². The molecule has 0 radical (unpaired) electrons.